The minimum absolute atomic E-state index is 0.0695. The van der Waals surface area contributed by atoms with Gasteiger partial charge in [0, 0.05) is 6.54 Å². The Balaban J connectivity index is 1.78. The normalized spacial score (nSPS) is 14.3. The summed E-state index contributed by atoms with van der Waals surface area (Å²) in [5.41, 5.74) is -0.579. The molecule has 1 heterocycles. The molecule has 0 unspecified atom stereocenters. The number of benzene rings is 2. The molecule has 0 aromatic heterocycles. The molecular weight excluding hydrogens is 425 g/mol. The molecule has 1 amide bonds. The standard InChI is InChI=1S/C19H19F3N2O5S/c1-12(18(25)23-10-13-6-7-16-17(8-13)29-11-28-16)24(30(2,26)27)15-5-3-4-14(9-15)19(20,21)22/h3-9,12H,10-11H2,1-2H3,(H,23,25)/t12-/m0/s1. The van der Waals surface area contributed by atoms with Crippen molar-refractivity contribution in [1.29, 1.82) is 0 Å². The predicted molar refractivity (Wildman–Crippen MR) is 103 cm³/mol. The summed E-state index contributed by atoms with van der Waals surface area (Å²) in [6.45, 7) is 1.47. The number of hydrogen-bond acceptors (Lipinski definition) is 5. The van der Waals surface area contributed by atoms with Crippen LogP contribution in [0.4, 0.5) is 18.9 Å². The molecule has 2 aromatic carbocycles. The first-order valence-corrected chi connectivity index (χ1v) is 10.6. The van der Waals surface area contributed by atoms with E-state index in [1.807, 2.05) is 0 Å². The summed E-state index contributed by atoms with van der Waals surface area (Å²) < 4.78 is 74.8. The molecule has 1 aliphatic rings. The molecule has 0 spiro atoms. The fraction of sp³-hybridized carbons (Fsp3) is 0.316. The average Bonchev–Trinajstić information content (AvgIpc) is 3.12. The van der Waals surface area contributed by atoms with Crippen LogP contribution < -0.4 is 19.1 Å². The molecular formula is C19H19F3N2O5S. The number of alkyl halides is 3. The van der Waals surface area contributed by atoms with Gasteiger partial charge in [0.1, 0.15) is 6.04 Å². The summed E-state index contributed by atoms with van der Waals surface area (Å²) in [5.74, 6) is 0.429. The van der Waals surface area contributed by atoms with Crippen molar-refractivity contribution in [2.24, 2.45) is 0 Å². The van der Waals surface area contributed by atoms with Crippen molar-refractivity contribution in [2.75, 3.05) is 17.4 Å². The quantitative estimate of drug-likeness (QED) is 0.741. The second kappa shape index (κ2) is 8.05. The first-order chi connectivity index (χ1) is 14.0. The third-order valence-corrected chi connectivity index (χ3v) is 5.66. The van der Waals surface area contributed by atoms with E-state index in [4.69, 9.17) is 9.47 Å². The number of rotatable bonds is 6. The lowest BCUT2D eigenvalue weighted by Gasteiger charge is -2.28. The van der Waals surface area contributed by atoms with Crippen LogP contribution in [-0.4, -0.2) is 33.4 Å². The van der Waals surface area contributed by atoms with E-state index in [1.165, 1.54) is 13.0 Å². The first-order valence-electron chi connectivity index (χ1n) is 8.80. The Kier molecular flexibility index (Phi) is 5.84. The van der Waals surface area contributed by atoms with Crippen molar-refractivity contribution in [3.8, 4) is 11.5 Å². The molecule has 1 N–H and O–H groups in total. The van der Waals surface area contributed by atoms with Gasteiger partial charge >= 0.3 is 6.18 Å². The molecule has 2 aromatic rings. The van der Waals surface area contributed by atoms with Gasteiger partial charge in [0.2, 0.25) is 22.7 Å². The molecule has 0 saturated carbocycles. The van der Waals surface area contributed by atoms with Gasteiger partial charge in [0.05, 0.1) is 17.5 Å². The highest BCUT2D eigenvalue weighted by atomic mass is 32.2. The van der Waals surface area contributed by atoms with Gasteiger partial charge in [-0.3, -0.25) is 9.10 Å². The maximum Gasteiger partial charge on any atom is 0.416 e. The van der Waals surface area contributed by atoms with Gasteiger partial charge in [-0.1, -0.05) is 12.1 Å². The predicted octanol–water partition coefficient (Wildman–Crippen LogP) is 2.91. The highest BCUT2D eigenvalue weighted by molar-refractivity contribution is 7.92. The van der Waals surface area contributed by atoms with Crippen LogP contribution in [-0.2, 0) is 27.5 Å². The minimum atomic E-state index is -4.65. The van der Waals surface area contributed by atoms with E-state index >= 15 is 0 Å². The molecule has 3 rings (SSSR count). The topological polar surface area (TPSA) is 84.9 Å². The van der Waals surface area contributed by atoms with Crippen molar-refractivity contribution >= 4 is 21.6 Å². The molecule has 0 fully saturated rings. The van der Waals surface area contributed by atoms with Crippen LogP contribution in [0.5, 0.6) is 11.5 Å². The molecule has 0 radical (unpaired) electrons. The zero-order chi connectivity index (χ0) is 22.1. The van der Waals surface area contributed by atoms with Crippen LogP contribution >= 0.6 is 0 Å². The number of carbonyl (C=O) groups is 1. The summed E-state index contributed by atoms with van der Waals surface area (Å²) in [5, 5.41) is 2.59. The molecule has 1 atom stereocenters. The first kappa shape index (κ1) is 21.8. The fourth-order valence-corrected chi connectivity index (χ4v) is 4.18. The van der Waals surface area contributed by atoms with Crippen LogP contribution in [0.1, 0.15) is 18.1 Å². The van der Waals surface area contributed by atoms with Crippen LogP contribution in [0.2, 0.25) is 0 Å². The Hall–Kier alpha value is -2.95. The van der Waals surface area contributed by atoms with Crippen molar-refractivity contribution in [1.82, 2.24) is 5.32 Å². The zero-order valence-electron chi connectivity index (χ0n) is 16.1. The summed E-state index contributed by atoms with van der Waals surface area (Å²) in [4.78, 5) is 12.6. The lowest BCUT2D eigenvalue weighted by molar-refractivity contribution is -0.137. The Bertz CT molecular complexity index is 1060. The SMILES string of the molecule is C[C@@H](C(=O)NCc1ccc2c(c1)OCO2)N(c1cccc(C(F)(F)F)c1)S(C)(=O)=O. The highest BCUT2D eigenvalue weighted by Crippen LogP contribution is 2.33. The number of carbonyl (C=O) groups excluding carboxylic acids is 1. The summed E-state index contributed by atoms with van der Waals surface area (Å²) >= 11 is 0. The number of nitrogens with one attached hydrogen (secondary N) is 1. The summed E-state index contributed by atoms with van der Waals surface area (Å²) in [7, 11) is -4.05. The van der Waals surface area contributed by atoms with Crippen LogP contribution in [0, 0.1) is 0 Å². The molecule has 7 nitrogen and oxygen atoms in total. The van der Waals surface area contributed by atoms with E-state index in [9.17, 15) is 26.4 Å². The number of nitrogens with zero attached hydrogens (tertiary/aromatic N) is 1. The Morgan fingerprint density at radius 2 is 1.87 bits per heavy atom. The molecule has 0 bridgehead atoms. The Labute approximate surface area is 171 Å². The van der Waals surface area contributed by atoms with E-state index in [0.717, 1.165) is 18.4 Å². The van der Waals surface area contributed by atoms with Gasteiger partial charge in [0.25, 0.3) is 0 Å². The number of fused-ring (bicyclic) bond motifs is 1. The van der Waals surface area contributed by atoms with Gasteiger partial charge in [-0.25, -0.2) is 8.42 Å². The number of amides is 1. The van der Waals surface area contributed by atoms with Gasteiger partial charge < -0.3 is 14.8 Å². The number of ether oxygens (including phenoxy) is 2. The van der Waals surface area contributed by atoms with Gasteiger partial charge in [-0.2, -0.15) is 13.2 Å². The molecule has 11 heteroatoms. The largest absolute Gasteiger partial charge is 0.454 e. The molecule has 0 saturated heterocycles. The number of hydrogen-bond donors (Lipinski definition) is 1. The second-order valence-corrected chi connectivity index (χ2v) is 8.55. The fourth-order valence-electron chi connectivity index (χ4n) is 3.02. The maximum atomic E-state index is 13.0. The maximum absolute atomic E-state index is 13.0. The highest BCUT2D eigenvalue weighted by Gasteiger charge is 2.34. The monoisotopic (exact) mass is 444 g/mol. The molecule has 162 valence electrons. The lowest BCUT2D eigenvalue weighted by Crippen LogP contribution is -2.47. The number of anilines is 1. The van der Waals surface area contributed by atoms with Crippen molar-refractivity contribution in [3.63, 3.8) is 0 Å². The minimum Gasteiger partial charge on any atom is -0.454 e. The van der Waals surface area contributed by atoms with Crippen molar-refractivity contribution in [2.45, 2.75) is 25.7 Å². The number of halogens is 3. The van der Waals surface area contributed by atoms with E-state index < -0.39 is 33.7 Å². The third kappa shape index (κ3) is 4.78. The Morgan fingerprint density at radius 3 is 2.53 bits per heavy atom. The molecule has 30 heavy (non-hydrogen) atoms. The summed E-state index contributed by atoms with van der Waals surface area (Å²) in [6, 6.07) is 7.60. The van der Waals surface area contributed by atoms with E-state index in [1.54, 1.807) is 18.2 Å². The third-order valence-electron chi connectivity index (χ3n) is 4.42. The molecule has 0 aliphatic carbocycles. The van der Waals surface area contributed by atoms with Crippen LogP contribution in [0.3, 0.4) is 0 Å². The van der Waals surface area contributed by atoms with Crippen molar-refractivity contribution < 1.29 is 35.9 Å². The smallest absolute Gasteiger partial charge is 0.416 e. The second-order valence-electron chi connectivity index (χ2n) is 6.69. The average molecular weight is 444 g/mol. The van der Waals surface area contributed by atoms with E-state index in [-0.39, 0.29) is 19.0 Å². The zero-order valence-corrected chi connectivity index (χ0v) is 16.9. The lowest BCUT2D eigenvalue weighted by atomic mass is 10.1. The summed E-state index contributed by atoms with van der Waals surface area (Å²) in [6.07, 6.45) is -3.82. The number of sulfonamides is 1. The molecule has 1 aliphatic heterocycles. The van der Waals surface area contributed by atoms with Gasteiger partial charge in [-0.05, 0) is 42.8 Å². The van der Waals surface area contributed by atoms with Crippen LogP contribution in [0.25, 0.3) is 0 Å². The van der Waals surface area contributed by atoms with E-state index in [2.05, 4.69) is 5.32 Å². The Morgan fingerprint density at radius 1 is 1.17 bits per heavy atom. The van der Waals surface area contributed by atoms with Gasteiger partial charge in [-0.15, -0.1) is 0 Å². The van der Waals surface area contributed by atoms with E-state index in [0.29, 0.717) is 27.4 Å². The van der Waals surface area contributed by atoms with Crippen LogP contribution in [0.15, 0.2) is 42.5 Å². The van der Waals surface area contributed by atoms with Gasteiger partial charge in [0.15, 0.2) is 11.5 Å². The van der Waals surface area contributed by atoms with Crippen molar-refractivity contribution in [3.05, 3.63) is 53.6 Å².